The van der Waals surface area contributed by atoms with Gasteiger partial charge in [0.05, 0.1) is 13.7 Å². The van der Waals surface area contributed by atoms with Gasteiger partial charge < -0.3 is 9.47 Å². The van der Waals surface area contributed by atoms with Crippen LogP contribution in [-0.2, 0) is 0 Å². The van der Waals surface area contributed by atoms with Crippen molar-refractivity contribution in [2.24, 2.45) is 5.92 Å². The monoisotopic (exact) mass is 223 g/mol. The van der Waals surface area contributed by atoms with Crippen molar-refractivity contribution in [3.05, 3.63) is 17.8 Å². The van der Waals surface area contributed by atoms with Crippen molar-refractivity contribution < 1.29 is 9.47 Å². The van der Waals surface area contributed by atoms with E-state index in [1.807, 2.05) is 13.0 Å². The maximum Gasteiger partial charge on any atom is 0.256 e. The Bertz CT molecular complexity index is 324. The van der Waals surface area contributed by atoms with Crippen molar-refractivity contribution in [2.45, 2.75) is 33.6 Å². The maximum absolute atomic E-state index is 5.60. The summed E-state index contributed by atoms with van der Waals surface area (Å²) in [4.78, 5) is 4.22. The molecule has 0 bridgehead atoms. The van der Waals surface area contributed by atoms with Crippen LogP contribution in [0.25, 0.3) is 0 Å². The number of aryl methyl sites for hydroxylation is 1. The van der Waals surface area contributed by atoms with Crippen LogP contribution < -0.4 is 9.47 Å². The summed E-state index contributed by atoms with van der Waals surface area (Å²) in [6, 6.07) is 1.94. The van der Waals surface area contributed by atoms with E-state index in [0.29, 0.717) is 18.2 Å². The topological polar surface area (TPSA) is 31.4 Å². The van der Waals surface area contributed by atoms with E-state index in [4.69, 9.17) is 9.47 Å². The van der Waals surface area contributed by atoms with E-state index in [2.05, 4.69) is 18.8 Å². The molecule has 0 N–H and O–H groups in total. The number of pyridine rings is 1. The molecule has 1 rings (SSSR count). The number of ether oxygens (including phenoxy) is 2. The fourth-order valence-corrected chi connectivity index (χ4v) is 1.44. The summed E-state index contributed by atoms with van der Waals surface area (Å²) in [6.45, 7) is 7.11. The molecule has 3 nitrogen and oxygen atoms in total. The first-order chi connectivity index (χ1) is 7.63. The van der Waals surface area contributed by atoms with Gasteiger partial charge in [-0.3, -0.25) is 0 Å². The number of rotatable bonds is 6. The molecule has 16 heavy (non-hydrogen) atoms. The van der Waals surface area contributed by atoms with Crippen LogP contribution in [0.5, 0.6) is 11.6 Å². The summed E-state index contributed by atoms with van der Waals surface area (Å²) >= 11 is 0. The van der Waals surface area contributed by atoms with Gasteiger partial charge in [0.1, 0.15) is 0 Å². The molecule has 0 saturated carbocycles. The zero-order chi connectivity index (χ0) is 12.0. The number of aromatic nitrogens is 1. The Hall–Kier alpha value is -1.25. The Morgan fingerprint density at radius 2 is 2.12 bits per heavy atom. The predicted octanol–water partition coefficient (Wildman–Crippen LogP) is 3.21. The molecule has 90 valence electrons. The van der Waals surface area contributed by atoms with Crippen LogP contribution in [0.4, 0.5) is 0 Å². The number of methoxy groups -OCH3 is 1. The molecule has 0 aliphatic heterocycles. The van der Waals surface area contributed by atoms with Crippen LogP contribution >= 0.6 is 0 Å². The highest BCUT2D eigenvalue weighted by Gasteiger charge is 2.05. The van der Waals surface area contributed by atoms with Crippen LogP contribution in [0, 0.1) is 12.8 Å². The van der Waals surface area contributed by atoms with Gasteiger partial charge in [-0.2, -0.15) is 0 Å². The van der Waals surface area contributed by atoms with Gasteiger partial charge >= 0.3 is 0 Å². The summed E-state index contributed by atoms with van der Waals surface area (Å²) in [7, 11) is 1.64. The zero-order valence-corrected chi connectivity index (χ0v) is 10.6. The fourth-order valence-electron chi connectivity index (χ4n) is 1.44. The molecule has 0 unspecified atom stereocenters. The number of hydrogen-bond acceptors (Lipinski definition) is 3. The van der Waals surface area contributed by atoms with Crippen molar-refractivity contribution in [3.8, 4) is 11.6 Å². The summed E-state index contributed by atoms with van der Waals surface area (Å²) < 4.78 is 10.8. The summed E-state index contributed by atoms with van der Waals surface area (Å²) in [5.74, 6) is 2.03. The fraction of sp³-hybridized carbons (Fsp3) is 0.615. The third-order valence-corrected chi connectivity index (χ3v) is 2.34. The Labute approximate surface area is 97.8 Å². The lowest BCUT2D eigenvalue weighted by molar-refractivity contribution is 0.269. The van der Waals surface area contributed by atoms with Crippen LogP contribution in [0.2, 0.25) is 0 Å². The van der Waals surface area contributed by atoms with E-state index in [0.717, 1.165) is 17.9 Å². The zero-order valence-electron chi connectivity index (χ0n) is 10.6. The summed E-state index contributed by atoms with van der Waals surface area (Å²) in [5.41, 5.74) is 1.08. The summed E-state index contributed by atoms with van der Waals surface area (Å²) in [6.07, 6.45) is 4.02. The first-order valence-electron chi connectivity index (χ1n) is 5.77. The maximum atomic E-state index is 5.60. The minimum Gasteiger partial charge on any atom is -0.491 e. The lowest BCUT2D eigenvalue weighted by Crippen LogP contribution is -2.02. The molecule has 0 atom stereocenters. The van der Waals surface area contributed by atoms with Crippen LogP contribution in [0.3, 0.4) is 0 Å². The van der Waals surface area contributed by atoms with Gasteiger partial charge in [0, 0.05) is 6.20 Å². The van der Waals surface area contributed by atoms with Gasteiger partial charge in [-0.25, -0.2) is 4.98 Å². The SMILES string of the molecule is COc1cc(C)cnc1OCCCC(C)C. The van der Waals surface area contributed by atoms with E-state index in [-0.39, 0.29) is 0 Å². The molecular weight excluding hydrogens is 202 g/mol. The van der Waals surface area contributed by atoms with Gasteiger partial charge in [-0.05, 0) is 37.3 Å². The average molecular weight is 223 g/mol. The van der Waals surface area contributed by atoms with Crippen molar-refractivity contribution >= 4 is 0 Å². The largest absolute Gasteiger partial charge is 0.491 e. The molecule has 1 aromatic heterocycles. The number of hydrogen-bond donors (Lipinski definition) is 0. The highest BCUT2D eigenvalue weighted by molar-refractivity contribution is 5.35. The minimum absolute atomic E-state index is 0.594. The minimum atomic E-state index is 0.594. The van der Waals surface area contributed by atoms with E-state index >= 15 is 0 Å². The van der Waals surface area contributed by atoms with Crippen LogP contribution in [0.15, 0.2) is 12.3 Å². The third kappa shape index (κ3) is 4.09. The highest BCUT2D eigenvalue weighted by Crippen LogP contribution is 2.24. The quantitative estimate of drug-likeness (QED) is 0.694. The van der Waals surface area contributed by atoms with Gasteiger partial charge in [0.25, 0.3) is 5.88 Å². The van der Waals surface area contributed by atoms with Gasteiger partial charge in [-0.1, -0.05) is 13.8 Å². The first-order valence-corrected chi connectivity index (χ1v) is 5.77. The van der Waals surface area contributed by atoms with E-state index < -0.39 is 0 Å². The van der Waals surface area contributed by atoms with Crippen molar-refractivity contribution in [1.82, 2.24) is 4.98 Å². The molecule has 0 aromatic carbocycles. The molecule has 0 aliphatic carbocycles. The molecular formula is C13H21NO2. The second-order valence-electron chi connectivity index (χ2n) is 4.40. The summed E-state index contributed by atoms with van der Waals surface area (Å²) in [5, 5.41) is 0. The third-order valence-electron chi connectivity index (χ3n) is 2.34. The standard InChI is InChI=1S/C13H21NO2/c1-10(2)6-5-7-16-13-12(15-4)8-11(3)9-14-13/h8-10H,5-7H2,1-4H3. The molecule has 1 aromatic rings. The molecule has 0 saturated heterocycles. The Morgan fingerprint density at radius 1 is 1.38 bits per heavy atom. The Morgan fingerprint density at radius 3 is 2.75 bits per heavy atom. The molecule has 0 amide bonds. The Balaban J connectivity index is 2.47. The molecule has 3 heteroatoms. The van der Waals surface area contributed by atoms with E-state index in [1.165, 1.54) is 6.42 Å². The first kappa shape index (κ1) is 12.8. The van der Waals surface area contributed by atoms with Crippen molar-refractivity contribution in [1.29, 1.82) is 0 Å². The van der Waals surface area contributed by atoms with Crippen LogP contribution in [0.1, 0.15) is 32.3 Å². The Kier molecular flexibility index (Phi) is 5.09. The lowest BCUT2D eigenvalue weighted by atomic mass is 10.1. The molecule has 0 aliphatic rings. The van der Waals surface area contributed by atoms with E-state index in [1.54, 1.807) is 13.3 Å². The second-order valence-corrected chi connectivity index (χ2v) is 4.40. The van der Waals surface area contributed by atoms with Crippen molar-refractivity contribution in [3.63, 3.8) is 0 Å². The van der Waals surface area contributed by atoms with Crippen LogP contribution in [-0.4, -0.2) is 18.7 Å². The molecule has 1 heterocycles. The van der Waals surface area contributed by atoms with Gasteiger partial charge in [-0.15, -0.1) is 0 Å². The average Bonchev–Trinajstić information content (AvgIpc) is 2.25. The number of nitrogens with zero attached hydrogens (tertiary/aromatic N) is 1. The van der Waals surface area contributed by atoms with Gasteiger partial charge in [0.2, 0.25) is 0 Å². The molecule has 0 spiro atoms. The second kappa shape index (κ2) is 6.36. The lowest BCUT2D eigenvalue weighted by Gasteiger charge is -2.10. The normalized spacial score (nSPS) is 10.6. The smallest absolute Gasteiger partial charge is 0.256 e. The van der Waals surface area contributed by atoms with E-state index in [9.17, 15) is 0 Å². The highest BCUT2D eigenvalue weighted by atomic mass is 16.5. The van der Waals surface area contributed by atoms with Gasteiger partial charge in [0.15, 0.2) is 5.75 Å². The molecule has 0 radical (unpaired) electrons. The van der Waals surface area contributed by atoms with Crippen molar-refractivity contribution in [2.75, 3.05) is 13.7 Å². The molecule has 0 fully saturated rings. The predicted molar refractivity (Wildman–Crippen MR) is 65.1 cm³/mol.